The minimum Gasteiger partial charge on any atom is -0.507 e. The Labute approximate surface area is 107 Å². The van der Waals surface area contributed by atoms with Gasteiger partial charge >= 0.3 is 5.97 Å². The van der Waals surface area contributed by atoms with Gasteiger partial charge in [0.25, 0.3) is 0 Å². The number of aromatic hydroxyl groups is 1. The van der Waals surface area contributed by atoms with E-state index in [0.29, 0.717) is 10.0 Å². The van der Waals surface area contributed by atoms with Crippen molar-refractivity contribution in [2.75, 3.05) is 6.54 Å². The van der Waals surface area contributed by atoms with Crippen molar-refractivity contribution >= 4 is 34.3 Å². The van der Waals surface area contributed by atoms with Crippen molar-refractivity contribution in [3.8, 4) is 5.75 Å². The van der Waals surface area contributed by atoms with Gasteiger partial charge in [-0.05, 0) is 12.1 Å². The van der Waals surface area contributed by atoms with E-state index in [1.165, 1.54) is 6.07 Å². The molecule has 0 fully saturated rings. The predicted octanol–water partition coefficient (Wildman–Crippen LogP) is 1.23. The average Bonchev–Trinajstić information content (AvgIpc) is 2.19. The van der Waals surface area contributed by atoms with Gasteiger partial charge in [0.05, 0.1) is 0 Å². The molecule has 1 rings (SSSR count). The van der Waals surface area contributed by atoms with Crippen molar-refractivity contribution in [3.05, 3.63) is 27.7 Å². The predicted molar refractivity (Wildman–Crippen MR) is 66.0 cm³/mol. The molecule has 0 aromatic heterocycles. The topological polar surface area (TPSA) is 110 Å². The van der Waals surface area contributed by atoms with Crippen LogP contribution < -0.4 is 11.5 Å². The lowest BCUT2D eigenvalue weighted by Crippen LogP contribution is -2.21. The van der Waals surface area contributed by atoms with Crippen LogP contribution >= 0.6 is 28.3 Å². The Morgan fingerprint density at radius 1 is 1.50 bits per heavy atom. The Bertz CT molecular complexity index is 401. The van der Waals surface area contributed by atoms with Gasteiger partial charge in [-0.25, -0.2) is 4.79 Å². The highest BCUT2D eigenvalue weighted by Gasteiger charge is 2.18. The molecule has 16 heavy (non-hydrogen) atoms. The number of benzene rings is 1. The van der Waals surface area contributed by atoms with Crippen molar-refractivity contribution in [2.24, 2.45) is 11.5 Å². The Kier molecular flexibility index (Phi) is 5.74. The van der Waals surface area contributed by atoms with Gasteiger partial charge in [0.2, 0.25) is 0 Å². The first-order valence-electron chi connectivity index (χ1n) is 4.18. The molecule has 1 atom stereocenters. The first kappa shape index (κ1) is 15.2. The van der Waals surface area contributed by atoms with Gasteiger partial charge in [0, 0.05) is 22.6 Å². The Morgan fingerprint density at radius 2 is 2.06 bits per heavy atom. The molecule has 5 nitrogen and oxygen atoms in total. The number of carbonyl (C=O) groups is 1. The van der Waals surface area contributed by atoms with Crippen LogP contribution in [0, 0.1) is 0 Å². The van der Waals surface area contributed by atoms with E-state index in [-0.39, 0.29) is 30.3 Å². The highest BCUT2D eigenvalue weighted by atomic mass is 79.9. The van der Waals surface area contributed by atoms with Crippen molar-refractivity contribution in [2.45, 2.75) is 6.04 Å². The molecule has 0 spiro atoms. The largest absolute Gasteiger partial charge is 0.507 e. The van der Waals surface area contributed by atoms with Gasteiger partial charge in [0.1, 0.15) is 11.3 Å². The summed E-state index contributed by atoms with van der Waals surface area (Å²) in [6.07, 6.45) is 0. The molecule has 6 N–H and O–H groups in total. The maximum absolute atomic E-state index is 10.8. The van der Waals surface area contributed by atoms with E-state index in [0.717, 1.165) is 0 Å². The molecular weight excluding hydrogens is 299 g/mol. The fraction of sp³-hybridized carbons (Fsp3) is 0.222. The van der Waals surface area contributed by atoms with E-state index in [4.69, 9.17) is 16.6 Å². The smallest absolute Gasteiger partial charge is 0.339 e. The second-order valence-corrected chi connectivity index (χ2v) is 3.95. The minimum atomic E-state index is -1.21. The minimum absolute atomic E-state index is 0. The number of phenols is 1. The van der Waals surface area contributed by atoms with Crippen molar-refractivity contribution in [1.82, 2.24) is 0 Å². The lowest BCUT2D eigenvalue weighted by Gasteiger charge is -2.13. The average molecular weight is 312 g/mol. The Hall–Kier alpha value is -0.820. The normalized spacial score (nSPS) is 11.7. The first-order valence-corrected chi connectivity index (χ1v) is 4.98. The summed E-state index contributed by atoms with van der Waals surface area (Å²) < 4.78 is 0.539. The third kappa shape index (κ3) is 3.08. The second kappa shape index (κ2) is 6.05. The fourth-order valence-electron chi connectivity index (χ4n) is 1.19. The van der Waals surface area contributed by atoms with Crippen LogP contribution in [0.15, 0.2) is 16.6 Å². The number of hydrogen-bond donors (Lipinski definition) is 4. The molecule has 0 aliphatic rings. The zero-order valence-corrected chi connectivity index (χ0v) is 10.6. The van der Waals surface area contributed by atoms with Crippen LogP contribution in [0.3, 0.4) is 0 Å². The van der Waals surface area contributed by atoms with Crippen LogP contribution in [0.2, 0.25) is 0 Å². The van der Waals surface area contributed by atoms with Crippen LogP contribution in [0.1, 0.15) is 22.0 Å². The number of halogens is 2. The SMILES string of the molecule is Cl.NC[C@H](N)c1cc(Br)cc(C(=O)O)c1O. The quantitative estimate of drug-likeness (QED) is 0.671. The molecule has 1 aromatic carbocycles. The van der Waals surface area contributed by atoms with Gasteiger partial charge in [0.15, 0.2) is 0 Å². The Morgan fingerprint density at radius 3 is 2.50 bits per heavy atom. The van der Waals surface area contributed by atoms with Gasteiger partial charge in [-0.15, -0.1) is 12.4 Å². The van der Waals surface area contributed by atoms with E-state index in [1.807, 2.05) is 0 Å². The first-order chi connectivity index (χ1) is 6.97. The summed E-state index contributed by atoms with van der Waals surface area (Å²) in [7, 11) is 0. The molecule has 0 saturated carbocycles. The fourth-order valence-corrected chi connectivity index (χ4v) is 1.67. The summed E-state index contributed by atoms with van der Waals surface area (Å²) in [6.45, 7) is 0.128. The van der Waals surface area contributed by atoms with Gasteiger partial charge in [-0.1, -0.05) is 15.9 Å². The summed E-state index contributed by atoms with van der Waals surface area (Å²) in [5.41, 5.74) is 11.1. The third-order valence-electron chi connectivity index (χ3n) is 1.99. The lowest BCUT2D eigenvalue weighted by molar-refractivity contribution is 0.0693. The van der Waals surface area contributed by atoms with Crippen LogP contribution in [-0.4, -0.2) is 22.7 Å². The van der Waals surface area contributed by atoms with Crippen molar-refractivity contribution in [3.63, 3.8) is 0 Å². The van der Waals surface area contributed by atoms with E-state index in [9.17, 15) is 9.90 Å². The molecular formula is C9H12BrClN2O3. The highest BCUT2D eigenvalue weighted by Crippen LogP contribution is 2.30. The standard InChI is InChI=1S/C9H11BrN2O3.ClH/c10-4-1-5(7(12)3-11)8(13)6(2-4)9(14)15;/h1-2,7,13H,3,11-12H2,(H,14,15);1H/t7-;/m0./s1. The van der Waals surface area contributed by atoms with Crippen molar-refractivity contribution < 1.29 is 15.0 Å². The number of rotatable bonds is 3. The number of nitrogens with two attached hydrogens (primary N) is 2. The van der Waals surface area contributed by atoms with Gasteiger partial charge in [-0.3, -0.25) is 0 Å². The monoisotopic (exact) mass is 310 g/mol. The molecule has 90 valence electrons. The zero-order chi connectivity index (χ0) is 11.6. The molecule has 0 aliphatic heterocycles. The maximum atomic E-state index is 10.8. The van der Waals surface area contributed by atoms with Crippen LogP contribution in [0.25, 0.3) is 0 Å². The van der Waals surface area contributed by atoms with E-state index < -0.39 is 12.0 Å². The molecule has 1 aromatic rings. The summed E-state index contributed by atoms with van der Waals surface area (Å²) in [5.74, 6) is -1.54. The number of aromatic carboxylic acids is 1. The Balaban J connectivity index is 0.00000225. The maximum Gasteiger partial charge on any atom is 0.339 e. The summed E-state index contributed by atoms with van der Waals surface area (Å²) in [4.78, 5) is 10.8. The van der Waals surface area contributed by atoms with E-state index in [2.05, 4.69) is 15.9 Å². The summed E-state index contributed by atoms with van der Waals surface area (Å²) in [5, 5.41) is 18.5. The summed E-state index contributed by atoms with van der Waals surface area (Å²) >= 11 is 3.14. The number of carboxylic acids is 1. The molecule has 0 radical (unpaired) electrons. The molecule has 0 aliphatic carbocycles. The van der Waals surface area contributed by atoms with Crippen LogP contribution in [-0.2, 0) is 0 Å². The third-order valence-corrected chi connectivity index (χ3v) is 2.45. The van der Waals surface area contributed by atoms with E-state index in [1.54, 1.807) is 6.07 Å². The molecule has 0 saturated heterocycles. The summed E-state index contributed by atoms with van der Waals surface area (Å²) in [6, 6.07) is 2.28. The molecule has 0 heterocycles. The zero-order valence-electron chi connectivity index (χ0n) is 8.18. The molecule has 0 bridgehead atoms. The number of carboxylic acid groups (broad SMARTS) is 1. The van der Waals surface area contributed by atoms with E-state index >= 15 is 0 Å². The van der Waals surface area contributed by atoms with Crippen LogP contribution in [0.4, 0.5) is 0 Å². The van der Waals surface area contributed by atoms with Crippen molar-refractivity contribution in [1.29, 1.82) is 0 Å². The lowest BCUT2D eigenvalue weighted by atomic mass is 10.0. The molecule has 0 amide bonds. The highest BCUT2D eigenvalue weighted by molar-refractivity contribution is 9.10. The number of hydrogen-bond acceptors (Lipinski definition) is 4. The van der Waals surface area contributed by atoms with Gasteiger partial charge in [-0.2, -0.15) is 0 Å². The van der Waals surface area contributed by atoms with Gasteiger partial charge < -0.3 is 21.7 Å². The molecule has 7 heteroatoms. The van der Waals surface area contributed by atoms with Crippen LogP contribution in [0.5, 0.6) is 5.75 Å². The molecule has 0 unspecified atom stereocenters. The second-order valence-electron chi connectivity index (χ2n) is 3.04.